The van der Waals surface area contributed by atoms with Crippen LogP contribution in [0.15, 0.2) is 42.5 Å². The van der Waals surface area contributed by atoms with Gasteiger partial charge in [-0.15, -0.1) is 0 Å². The average molecular weight is 355 g/mol. The lowest BCUT2D eigenvalue weighted by Crippen LogP contribution is -2.37. The Morgan fingerprint density at radius 1 is 1.31 bits per heavy atom. The van der Waals surface area contributed by atoms with E-state index >= 15 is 0 Å². The molecule has 2 aromatic carbocycles. The van der Waals surface area contributed by atoms with Crippen molar-refractivity contribution < 1.29 is 19.2 Å². The number of carbonyl (C=O) groups excluding carboxylic acids is 2. The number of non-ortho nitro benzene ring substituents is 1. The van der Waals surface area contributed by atoms with Crippen LogP contribution in [0.1, 0.15) is 24.1 Å². The van der Waals surface area contributed by atoms with Gasteiger partial charge in [0.05, 0.1) is 4.92 Å². The largest absolute Gasteiger partial charge is 0.483 e. The average Bonchev–Trinajstić information content (AvgIpc) is 2.81. The molecule has 0 spiro atoms. The SMILES string of the molecule is CCc1cccc2c1OCC(=O)NC2C(=O)Nc1ccc([N+](=O)[O-])cc1. The molecule has 1 unspecified atom stereocenters. The van der Waals surface area contributed by atoms with E-state index in [0.29, 0.717) is 23.4 Å². The highest BCUT2D eigenvalue weighted by atomic mass is 16.6. The molecule has 8 nitrogen and oxygen atoms in total. The van der Waals surface area contributed by atoms with Crippen molar-refractivity contribution in [1.82, 2.24) is 5.32 Å². The lowest BCUT2D eigenvalue weighted by molar-refractivity contribution is -0.384. The molecule has 3 rings (SSSR count). The molecule has 8 heteroatoms. The van der Waals surface area contributed by atoms with Crippen LogP contribution >= 0.6 is 0 Å². The number of nitro benzene ring substituents is 1. The number of carbonyl (C=O) groups is 2. The molecule has 26 heavy (non-hydrogen) atoms. The molecule has 0 fully saturated rings. The molecule has 0 saturated heterocycles. The molecule has 1 aliphatic rings. The van der Waals surface area contributed by atoms with Crippen LogP contribution in [-0.2, 0) is 16.0 Å². The van der Waals surface area contributed by atoms with Gasteiger partial charge in [-0.2, -0.15) is 0 Å². The molecule has 134 valence electrons. The van der Waals surface area contributed by atoms with Crippen molar-refractivity contribution in [3.8, 4) is 5.75 Å². The van der Waals surface area contributed by atoms with E-state index in [2.05, 4.69) is 10.6 Å². The molecule has 1 aliphatic heterocycles. The predicted octanol–water partition coefficient (Wildman–Crippen LogP) is 2.35. The van der Waals surface area contributed by atoms with E-state index in [1.807, 2.05) is 19.1 Å². The first kappa shape index (κ1) is 17.4. The summed E-state index contributed by atoms with van der Waals surface area (Å²) in [7, 11) is 0. The van der Waals surface area contributed by atoms with E-state index in [-0.39, 0.29) is 12.3 Å². The second-order valence-corrected chi connectivity index (χ2v) is 5.77. The maximum absolute atomic E-state index is 12.7. The van der Waals surface area contributed by atoms with Gasteiger partial charge in [0, 0.05) is 23.4 Å². The third-order valence-corrected chi connectivity index (χ3v) is 4.08. The van der Waals surface area contributed by atoms with Crippen LogP contribution in [-0.4, -0.2) is 23.3 Å². The van der Waals surface area contributed by atoms with Crippen molar-refractivity contribution in [1.29, 1.82) is 0 Å². The second kappa shape index (κ2) is 7.22. The Morgan fingerprint density at radius 2 is 2.04 bits per heavy atom. The van der Waals surface area contributed by atoms with Crippen LogP contribution in [0, 0.1) is 10.1 Å². The second-order valence-electron chi connectivity index (χ2n) is 5.77. The monoisotopic (exact) mass is 355 g/mol. The number of hydrogen-bond donors (Lipinski definition) is 2. The fourth-order valence-electron chi connectivity index (χ4n) is 2.79. The van der Waals surface area contributed by atoms with Gasteiger partial charge in [-0.3, -0.25) is 19.7 Å². The number of para-hydroxylation sites is 1. The van der Waals surface area contributed by atoms with Crippen molar-refractivity contribution >= 4 is 23.2 Å². The van der Waals surface area contributed by atoms with Crippen LogP contribution < -0.4 is 15.4 Å². The van der Waals surface area contributed by atoms with Crippen molar-refractivity contribution in [3.05, 3.63) is 63.7 Å². The number of nitrogens with one attached hydrogen (secondary N) is 2. The Bertz CT molecular complexity index is 864. The first-order chi connectivity index (χ1) is 12.5. The summed E-state index contributed by atoms with van der Waals surface area (Å²) in [5.41, 5.74) is 1.81. The summed E-state index contributed by atoms with van der Waals surface area (Å²) >= 11 is 0. The molecule has 2 aromatic rings. The Labute approximate surface area is 149 Å². The van der Waals surface area contributed by atoms with Gasteiger partial charge in [-0.05, 0) is 24.1 Å². The quantitative estimate of drug-likeness (QED) is 0.646. The number of anilines is 1. The van der Waals surface area contributed by atoms with E-state index in [0.717, 1.165) is 5.56 Å². The highest BCUT2D eigenvalue weighted by Gasteiger charge is 2.30. The fraction of sp³-hybridized carbons (Fsp3) is 0.222. The molecule has 0 bridgehead atoms. The number of hydrogen-bond acceptors (Lipinski definition) is 5. The van der Waals surface area contributed by atoms with E-state index < -0.39 is 22.8 Å². The van der Waals surface area contributed by atoms with Gasteiger partial charge < -0.3 is 15.4 Å². The minimum atomic E-state index is -0.915. The Kier molecular flexibility index (Phi) is 4.83. The summed E-state index contributed by atoms with van der Waals surface area (Å²) in [5.74, 6) is -0.309. The van der Waals surface area contributed by atoms with Gasteiger partial charge >= 0.3 is 0 Å². The molecule has 1 atom stereocenters. The third-order valence-electron chi connectivity index (χ3n) is 4.08. The number of rotatable bonds is 4. The van der Waals surface area contributed by atoms with Crippen molar-refractivity contribution in [2.24, 2.45) is 0 Å². The van der Waals surface area contributed by atoms with Crippen molar-refractivity contribution in [2.45, 2.75) is 19.4 Å². The molecule has 1 heterocycles. The Balaban J connectivity index is 1.88. The summed E-state index contributed by atoms with van der Waals surface area (Å²) in [6, 6.07) is 10.00. The van der Waals surface area contributed by atoms with Gasteiger partial charge in [0.15, 0.2) is 6.61 Å². The zero-order valence-corrected chi connectivity index (χ0v) is 14.0. The van der Waals surface area contributed by atoms with Gasteiger partial charge in [0.1, 0.15) is 11.8 Å². The van der Waals surface area contributed by atoms with Crippen LogP contribution in [0.2, 0.25) is 0 Å². The standard InChI is InChI=1S/C18H17N3O5/c1-2-11-4-3-5-14-16(20-15(22)10-26-17(11)14)18(23)19-12-6-8-13(9-7-12)21(24)25/h3-9,16H,2,10H2,1H3,(H,19,23)(H,20,22). The smallest absolute Gasteiger partial charge is 0.269 e. The molecule has 2 amide bonds. The number of ether oxygens (including phenoxy) is 1. The van der Waals surface area contributed by atoms with Gasteiger partial charge in [-0.25, -0.2) is 0 Å². The summed E-state index contributed by atoms with van der Waals surface area (Å²) in [6.45, 7) is 1.80. The predicted molar refractivity (Wildman–Crippen MR) is 93.9 cm³/mol. The molecular weight excluding hydrogens is 338 g/mol. The molecular formula is C18H17N3O5. The number of nitro groups is 1. The molecule has 2 N–H and O–H groups in total. The minimum Gasteiger partial charge on any atom is -0.483 e. The molecule has 0 saturated carbocycles. The first-order valence-electron chi connectivity index (χ1n) is 8.09. The van der Waals surface area contributed by atoms with Gasteiger partial charge in [0.2, 0.25) is 0 Å². The zero-order valence-electron chi connectivity index (χ0n) is 14.0. The van der Waals surface area contributed by atoms with Crippen molar-refractivity contribution in [2.75, 3.05) is 11.9 Å². The lowest BCUT2D eigenvalue weighted by Gasteiger charge is -2.18. The summed E-state index contributed by atoms with van der Waals surface area (Å²) in [5, 5.41) is 16.0. The Morgan fingerprint density at radius 3 is 2.69 bits per heavy atom. The summed E-state index contributed by atoms with van der Waals surface area (Å²) < 4.78 is 5.59. The Hall–Kier alpha value is -3.42. The van der Waals surface area contributed by atoms with Gasteiger partial charge in [-0.1, -0.05) is 25.1 Å². The number of fused-ring (bicyclic) bond motifs is 1. The minimum absolute atomic E-state index is 0.0721. The lowest BCUT2D eigenvalue weighted by atomic mass is 10.00. The topological polar surface area (TPSA) is 111 Å². The maximum atomic E-state index is 12.7. The van der Waals surface area contributed by atoms with E-state index in [4.69, 9.17) is 4.74 Å². The molecule has 0 aromatic heterocycles. The number of nitrogens with zero attached hydrogens (tertiary/aromatic N) is 1. The number of benzene rings is 2. The zero-order chi connectivity index (χ0) is 18.7. The van der Waals surface area contributed by atoms with E-state index in [1.54, 1.807) is 6.07 Å². The fourth-order valence-corrected chi connectivity index (χ4v) is 2.79. The van der Waals surface area contributed by atoms with Gasteiger partial charge in [0.25, 0.3) is 17.5 Å². The van der Waals surface area contributed by atoms with Crippen LogP contribution in [0.25, 0.3) is 0 Å². The van der Waals surface area contributed by atoms with E-state index in [1.165, 1.54) is 24.3 Å². The first-order valence-corrected chi connectivity index (χ1v) is 8.09. The van der Waals surface area contributed by atoms with Crippen LogP contribution in [0.3, 0.4) is 0 Å². The third kappa shape index (κ3) is 3.49. The number of amides is 2. The highest BCUT2D eigenvalue weighted by molar-refractivity contribution is 5.99. The van der Waals surface area contributed by atoms with E-state index in [9.17, 15) is 19.7 Å². The maximum Gasteiger partial charge on any atom is 0.269 e. The summed E-state index contributed by atoms with van der Waals surface area (Å²) in [6.07, 6.45) is 0.702. The van der Waals surface area contributed by atoms with Crippen LogP contribution in [0.4, 0.5) is 11.4 Å². The molecule has 0 radical (unpaired) electrons. The molecule has 0 aliphatic carbocycles. The number of aryl methyl sites for hydroxylation is 1. The van der Waals surface area contributed by atoms with Crippen LogP contribution in [0.5, 0.6) is 5.75 Å². The highest BCUT2D eigenvalue weighted by Crippen LogP contribution is 2.32. The van der Waals surface area contributed by atoms with Crippen molar-refractivity contribution in [3.63, 3.8) is 0 Å². The normalized spacial score (nSPS) is 15.9. The summed E-state index contributed by atoms with van der Waals surface area (Å²) in [4.78, 5) is 34.9.